The Morgan fingerprint density at radius 1 is 1.62 bits per heavy atom. The minimum Gasteiger partial charge on any atom is -0.387 e. The van der Waals surface area contributed by atoms with Gasteiger partial charge in [-0.3, -0.25) is 0 Å². The van der Waals surface area contributed by atoms with E-state index in [-0.39, 0.29) is 6.42 Å². The maximum Gasteiger partial charge on any atom is 0.0920 e. The van der Waals surface area contributed by atoms with E-state index in [9.17, 15) is 5.11 Å². The molecule has 0 aliphatic carbocycles. The van der Waals surface area contributed by atoms with Crippen molar-refractivity contribution in [3.05, 3.63) is 34.3 Å². The first-order valence-electron chi connectivity index (χ1n) is 3.96. The van der Waals surface area contributed by atoms with Gasteiger partial charge in [0.1, 0.15) is 0 Å². The fourth-order valence-electron chi connectivity index (χ4n) is 1.02. The third-order valence-electron chi connectivity index (χ3n) is 1.87. The Hall–Kier alpha value is -1.04. The predicted octanol–water partition coefficient (Wildman–Crippen LogP) is 2.60. The molecule has 2 nitrogen and oxygen atoms in total. The second-order valence-electron chi connectivity index (χ2n) is 2.89. The number of hydrogen-bond acceptors (Lipinski definition) is 2. The number of nitriles is 1. The normalized spacial score (nSPS) is 12.2. The molecule has 0 saturated heterocycles. The number of aliphatic hydroxyl groups excluding tert-OH is 1. The molecule has 68 valence electrons. The monoisotopic (exact) mass is 195 g/mol. The smallest absolute Gasteiger partial charge is 0.0920 e. The maximum atomic E-state index is 9.45. The van der Waals surface area contributed by atoms with Crippen LogP contribution in [0.1, 0.15) is 23.7 Å². The van der Waals surface area contributed by atoms with Crippen LogP contribution in [0.15, 0.2) is 18.2 Å². The molecule has 0 heterocycles. The Balaban J connectivity index is 2.91. The highest BCUT2D eigenvalue weighted by molar-refractivity contribution is 6.31. The van der Waals surface area contributed by atoms with Crippen LogP contribution in [0.25, 0.3) is 0 Å². The quantitative estimate of drug-likeness (QED) is 0.789. The lowest BCUT2D eigenvalue weighted by Gasteiger charge is -2.07. The van der Waals surface area contributed by atoms with Crippen molar-refractivity contribution in [2.45, 2.75) is 19.4 Å². The first-order valence-corrected chi connectivity index (χ1v) is 4.34. The highest BCUT2D eigenvalue weighted by Crippen LogP contribution is 2.22. The van der Waals surface area contributed by atoms with Gasteiger partial charge in [-0.05, 0) is 24.1 Å². The summed E-state index contributed by atoms with van der Waals surface area (Å²) in [5, 5.41) is 18.5. The van der Waals surface area contributed by atoms with Crippen LogP contribution in [0.3, 0.4) is 0 Å². The highest BCUT2D eigenvalue weighted by Gasteiger charge is 2.07. The Bertz CT molecular complexity index is 343. The fourth-order valence-corrected chi connectivity index (χ4v) is 1.21. The van der Waals surface area contributed by atoms with Crippen molar-refractivity contribution in [1.82, 2.24) is 0 Å². The third kappa shape index (κ3) is 2.45. The van der Waals surface area contributed by atoms with Crippen molar-refractivity contribution in [2.24, 2.45) is 0 Å². The third-order valence-corrected chi connectivity index (χ3v) is 2.27. The van der Waals surface area contributed by atoms with Crippen LogP contribution in [-0.2, 0) is 0 Å². The van der Waals surface area contributed by atoms with Gasteiger partial charge < -0.3 is 5.11 Å². The van der Waals surface area contributed by atoms with Crippen LogP contribution in [-0.4, -0.2) is 5.11 Å². The van der Waals surface area contributed by atoms with Gasteiger partial charge in [-0.2, -0.15) is 5.26 Å². The Morgan fingerprint density at radius 3 is 2.85 bits per heavy atom. The van der Waals surface area contributed by atoms with Gasteiger partial charge in [0.25, 0.3) is 0 Å². The van der Waals surface area contributed by atoms with Crippen LogP contribution in [0.5, 0.6) is 0 Å². The Morgan fingerprint density at radius 2 is 2.31 bits per heavy atom. The summed E-state index contributed by atoms with van der Waals surface area (Å²) in [7, 11) is 0. The van der Waals surface area contributed by atoms with E-state index in [0.29, 0.717) is 10.6 Å². The molecular formula is C10H10ClNO. The van der Waals surface area contributed by atoms with E-state index in [1.807, 2.05) is 19.1 Å². The summed E-state index contributed by atoms with van der Waals surface area (Å²) < 4.78 is 0. The molecule has 1 rings (SSSR count). The van der Waals surface area contributed by atoms with E-state index >= 15 is 0 Å². The number of benzene rings is 1. The van der Waals surface area contributed by atoms with Crippen LogP contribution in [0, 0.1) is 18.3 Å². The summed E-state index contributed by atoms with van der Waals surface area (Å²) in [4.78, 5) is 0. The molecule has 1 aromatic rings. The Labute approximate surface area is 82.4 Å². The summed E-state index contributed by atoms with van der Waals surface area (Å²) in [6.45, 7) is 1.89. The van der Waals surface area contributed by atoms with Crippen molar-refractivity contribution < 1.29 is 5.11 Å². The molecule has 0 aromatic heterocycles. The zero-order valence-electron chi connectivity index (χ0n) is 7.29. The first kappa shape index (κ1) is 10.0. The van der Waals surface area contributed by atoms with Gasteiger partial charge in [-0.1, -0.05) is 23.7 Å². The number of hydrogen-bond donors (Lipinski definition) is 1. The molecular weight excluding hydrogens is 186 g/mol. The number of aliphatic hydroxyl groups is 1. The van der Waals surface area contributed by atoms with Crippen molar-refractivity contribution in [1.29, 1.82) is 5.26 Å². The van der Waals surface area contributed by atoms with Crippen molar-refractivity contribution in [3.8, 4) is 6.07 Å². The van der Waals surface area contributed by atoms with E-state index in [0.717, 1.165) is 5.56 Å². The topological polar surface area (TPSA) is 44.0 Å². The van der Waals surface area contributed by atoms with Crippen LogP contribution in [0.2, 0.25) is 5.02 Å². The molecule has 0 amide bonds. The SMILES string of the molecule is Cc1ccc(C(O)CC#N)cc1Cl. The lowest BCUT2D eigenvalue weighted by atomic mass is 10.1. The highest BCUT2D eigenvalue weighted by atomic mass is 35.5. The second kappa shape index (κ2) is 4.27. The van der Waals surface area contributed by atoms with Crippen molar-refractivity contribution >= 4 is 11.6 Å². The van der Waals surface area contributed by atoms with E-state index in [2.05, 4.69) is 0 Å². The number of halogens is 1. The van der Waals surface area contributed by atoms with Crippen LogP contribution < -0.4 is 0 Å². The largest absolute Gasteiger partial charge is 0.387 e. The zero-order valence-corrected chi connectivity index (χ0v) is 8.04. The number of rotatable bonds is 2. The standard InChI is InChI=1S/C10H10ClNO/c1-7-2-3-8(6-9(7)11)10(13)4-5-12/h2-3,6,10,13H,4H2,1H3. The average molecular weight is 196 g/mol. The van der Waals surface area contributed by atoms with Gasteiger partial charge >= 0.3 is 0 Å². The minimum absolute atomic E-state index is 0.0966. The zero-order chi connectivity index (χ0) is 9.84. The van der Waals surface area contributed by atoms with Crippen molar-refractivity contribution in [3.63, 3.8) is 0 Å². The van der Waals surface area contributed by atoms with Gasteiger partial charge in [-0.25, -0.2) is 0 Å². The number of aryl methyl sites for hydroxylation is 1. The molecule has 0 bridgehead atoms. The number of nitrogens with zero attached hydrogens (tertiary/aromatic N) is 1. The predicted molar refractivity (Wildman–Crippen MR) is 51.4 cm³/mol. The lowest BCUT2D eigenvalue weighted by molar-refractivity contribution is 0.183. The van der Waals surface area contributed by atoms with Gasteiger partial charge in [-0.15, -0.1) is 0 Å². The van der Waals surface area contributed by atoms with Gasteiger partial charge in [0, 0.05) is 5.02 Å². The lowest BCUT2D eigenvalue weighted by Crippen LogP contribution is -1.95. The minimum atomic E-state index is -0.733. The molecule has 0 spiro atoms. The molecule has 1 N–H and O–H groups in total. The fraction of sp³-hybridized carbons (Fsp3) is 0.300. The van der Waals surface area contributed by atoms with E-state index in [4.69, 9.17) is 16.9 Å². The molecule has 0 aliphatic heterocycles. The van der Waals surface area contributed by atoms with E-state index < -0.39 is 6.10 Å². The summed E-state index contributed by atoms with van der Waals surface area (Å²) in [6.07, 6.45) is -0.637. The molecule has 13 heavy (non-hydrogen) atoms. The molecule has 0 radical (unpaired) electrons. The molecule has 1 atom stereocenters. The van der Waals surface area contributed by atoms with Crippen LogP contribution in [0.4, 0.5) is 0 Å². The first-order chi connectivity index (χ1) is 6.15. The molecule has 0 fully saturated rings. The summed E-state index contributed by atoms with van der Waals surface area (Å²) >= 11 is 5.86. The molecule has 3 heteroatoms. The van der Waals surface area contributed by atoms with Gasteiger partial charge in [0.2, 0.25) is 0 Å². The van der Waals surface area contributed by atoms with Gasteiger partial charge in [0.05, 0.1) is 18.6 Å². The average Bonchev–Trinajstić information content (AvgIpc) is 2.10. The van der Waals surface area contributed by atoms with Crippen LogP contribution >= 0.6 is 11.6 Å². The molecule has 0 aliphatic rings. The van der Waals surface area contributed by atoms with Gasteiger partial charge in [0.15, 0.2) is 0 Å². The van der Waals surface area contributed by atoms with E-state index in [1.165, 1.54) is 0 Å². The summed E-state index contributed by atoms with van der Waals surface area (Å²) in [5.74, 6) is 0. The summed E-state index contributed by atoms with van der Waals surface area (Å²) in [6, 6.07) is 7.21. The van der Waals surface area contributed by atoms with E-state index in [1.54, 1.807) is 12.1 Å². The molecule has 1 unspecified atom stereocenters. The second-order valence-corrected chi connectivity index (χ2v) is 3.29. The van der Waals surface area contributed by atoms with Crippen molar-refractivity contribution in [2.75, 3.05) is 0 Å². The maximum absolute atomic E-state index is 9.45. The summed E-state index contributed by atoms with van der Waals surface area (Å²) in [5.41, 5.74) is 1.66. The molecule has 1 aromatic carbocycles. The Kier molecular flexibility index (Phi) is 3.30. The molecule has 0 saturated carbocycles.